The smallest absolute Gasteiger partial charge is 0.253 e. The molecular formula is C14H12BrClN2O. The molecule has 1 N–H and O–H groups in total. The Morgan fingerprint density at radius 2 is 2.21 bits per heavy atom. The lowest BCUT2D eigenvalue weighted by Gasteiger charge is -2.15. The second-order valence-electron chi connectivity index (χ2n) is 4.11. The number of halogens is 2. The Labute approximate surface area is 125 Å². The maximum Gasteiger partial charge on any atom is 0.253 e. The molecular weight excluding hydrogens is 328 g/mol. The summed E-state index contributed by atoms with van der Waals surface area (Å²) in [5.74, 6) is -0.208. The number of hydrogen-bond acceptors (Lipinski definition) is 2. The minimum absolute atomic E-state index is 0.103. The predicted octanol–water partition coefficient (Wildman–Crippen LogP) is 3.99. The maximum absolute atomic E-state index is 12.1. The topological polar surface area (TPSA) is 42.0 Å². The Morgan fingerprint density at radius 3 is 2.89 bits per heavy atom. The standard InChI is InChI=1S/C14H12BrClN2O/c1-9(10-3-2-4-11(15)7-10)18-14(19)12-5-6-17-8-13(12)16/h2-9H,1H3,(H,18,19). The van der Waals surface area contributed by atoms with Crippen LogP contribution in [0.5, 0.6) is 0 Å². The fraction of sp³-hybridized carbons (Fsp3) is 0.143. The van der Waals surface area contributed by atoms with Gasteiger partial charge in [0.25, 0.3) is 5.91 Å². The molecule has 1 amide bonds. The zero-order chi connectivity index (χ0) is 13.8. The van der Waals surface area contributed by atoms with Crippen LogP contribution in [0.25, 0.3) is 0 Å². The van der Waals surface area contributed by atoms with E-state index in [9.17, 15) is 4.79 Å². The van der Waals surface area contributed by atoms with Crippen molar-refractivity contribution in [3.8, 4) is 0 Å². The second-order valence-corrected chi connectivity index (χ2v) is 5.43. The molecule has 1 aromatic carbocycles. The van der Waals surface area contributed by atoms with E-state index in [-0.39, 0.29) is 11.9 Å². The second kappa shape index (κ2) is 6.17. The highest BCUT2D eigenvalue weighted by atomic mass is 79.9. The first kappa shape index (κ1) is 14.0. The summed E-state index contributed by atoms with van der Waals surface area (Å²) in [5.41, 5.74) is 1.45. The van der Waals surface area contributed by atoms with Crippen LogP contribution in [-0.2, 0) is 0 Å². The minimum Gasteiger partial charge on any atom is -0.345 e. The number of carbonyl (C=O) groups is 1. The van der Waals surface area contributed by atoms with E-state index in [4.69, 9.17) is 11.6 Å². The number of rotatable bonds is 3. The third-order valence-corrected chi connectivity index (χ3v) is 3.51. The largest absolute Gasteiger partial charge is 0.345 e. The molecule has 0 spiro atoms. The molecule has 98 valence electrons. The number of hydrogen-bond donors (Lipinski definition) is 1. The number of nitrogens with one attached hydrogen (secondary N) is 1. The number of carbonyl (C=O) groups excluding carboxylic acids is 1. The van der Waals surface area contributed by atoms with Crippen LogP contribution in [0.2, 0.25) is 5.02 Å². The number of pyridine rings is 1. The van der Waals surface area contributed by atoms with Gasteiger partial charge in [-0.25, -0.2) is 0 Å². The molecule has 2 aromatic rings. The van der Waals surface area contributed by atoms with Gasteiger partial charge in [-0.2, -0.15) is 0 Å². The Kier molecular flexibility index (Phi) is 4.56. The summed E-state index contributed by atoms with van der Waals surface area (Å²) in [7, 11) is 0. The Balaban J connectivity index is 2.13. The van der Waals surface area contributed by atoms with Crippen molar-refractivity contribution >= 4 is 33.4 Å². The van der Waals surface area contributed by atoms with Gasteiger partial charge in [0, 0.05) is 16.9 Å². The predicted molar refractivity (Wildman–Crippen MR) is 79.3 cm³/mol. The summed E-state index contributed by atoms with van der Waals surface area (Å²) < 4.78 is 0.980. The van der Waals surface area contributed by atoms with Gasteiger partial charge in [-0.3, -0.25) is 9.78 Å². The molecule has 0 bridgehead atoms. The quantitative estimate of drug-likeness (QED) is 0.918. The van der Waals surface area contributed by atoms with E-state index in [1.165, 1.54) is 6.20 Å². The van der Waals surface area contributed by atoms with Crippen LogP contribution in [-0.4, -0.2) is 10.9 Å². The average Bonchev–Trinajstić information content (AvgIpc) is 2.39. The molecule has 1 atom stereocenters. The Bertz CT molecular complexity index is 604. The van der Waals surface area contributed by atoms with Crippen molar-refractivity contribution in [3.63, 3.8) is 0 Å². The van der Waals surface area contributed by atoms with Crippen molar-refractivity contribution in [3.05, 3.63) is 63.3 Å². The summed E-state index contributed by atoms with van der Waals surface area (Å²) in [6.07, 6.45) is 3.00. The third kappa shape index (κ3) is 3.55. The molecule has 2 rings (SSSR count). The average molecular weight is 340 g/mol. The van der Waals surface area contributed by atoms with Crippen molar-refractivity contribution in [2.45, 2.75) is 13.0 Å². The fourth-order valence-corrected chi connectivity index (χ4v) is 2.32. The zero-order valence-corrected chi connectivity index (χ0v) is 12.6. The van der Waals surface area contributed by atoms with E-state index in [0.29, 0.717) is 10.6 Å². The summed E-state index contributed by atoms with van der Waals surface area (Å²) in [6, 6.07) is 9.31. The van der Waals surface area contributed by atoms with Crippen LogP contribution in [0.4, 0.5) is 0 Å². The maximum atomic E-state index is 12.1. The van der Waals surface area contributed by atoms with Gasteiger partial charge < -0.3 is 5.32 Å². The molecule has 0 aliphatic rings. The van der Waals surface area contributed by atoms with Crippen LogP contribution in [0, 0.1) is 0 Å². The lowest BCUT2D eigenvalue weighted by atomic mass is 10.1. The zero-order valence-electron chi connectivity index (χ0n) is 10.2. The first-order valence-electron chi connectivity index (χ1n) is 5.74. The van der Waals surface area contributed by atoms with Crippen molar-refractivity contribution in [1.82, 2.24) is 10.3 Å². The number of amides is 1. The normalized spacial score (nSPS) is 11.9. The molecule has 0 aliphatic heterocycles. The third-order valence-electron chi connectivity index (χ3n) is 2.71. The number of benzene rings is 1. The first-order chi connectivity index (χ1) is 9.08. The van der Waals surface area contributed by atoms with E-state index in [1.807, 2.05) is 31.2 Å². The molecule has 0 aliphatic carbocycles. The lowest BCUT2D eigenvalue weighted by Crippen LogP contribution is -2.26. The number of nitrogens with zero attached hydrogens (tertiary/aromatic N) is 1. The van der Waals surface area contributed by atoms with Crippen LogP contribution in [0.15, 0.2) is 47.2 Å². The van der Waals surface area contributed by atoms with Gasteiger partial charge in [0.1, 0.15) is 0 Å². The molecule has 0 fully saturated rings. The molecule has 3 nitrogen and oxygen atoms in total. The molecule has 1 unspecified atom stereocenters. The van der Waals surface area contributed by atoms with Crippen molar-refractivity contribution in [1.29, 1.82) is 0 Å². The van der Waals surface area contributed by atoms with Crippen molar-refractivity contribution in [2.24, 2.45) is 0 Å². The van der Waals surface area contributed by atoms with E-state index in [2.05, 4.69) is 26.2 Å². The number of aromatic nitrogens is 1. The van der Waals surface area contributed by atoms with Gasteiger partial charge in [0.2, 0.25) is 0 Å². The van der Waals surface area contributed by atoms with E-state index >= 15 is 0 Å². The Morgan fingerprint density at radius 1 is 1.42 bits per heavy atom. The van der Waals surface area contributed by atoms with E-state index < -0.39 is 0 Å². The van der Waals surface area contributed by atoms with E-state index in [1.54, 1.807) is 12.3 Å². The molecule has 19 heavy (non-hydrogen) atoms. The van der Waals surface area contributed by atoms with Gasteiger partial charge in [-0.15, -0.1) is 0 Å². The fourth-order valence-electron chi connectivity index (χ4n) is 1.69. The summed E-state index contributed by atoms with van der Waals surface area (Å²) >= 11 is 9.35. The Hall–Kier alpha value is -1.39. The summed E-state index contributed by atoms with van der Waals surface area (Å²) in [4.78, 5) is 16.0. The lowest BCUT2D eigenvalue weighted by molar-refractivity contribution is 0.0940. The van der Waals surface area contributed by atoms with Crippen molar-refractivity contribution < 1.29 is 4.79 Å². The highest BCUT2D eigenvalue weighted by Crippen LogP contribution is 2.19. The molecule has 5 heteroatoms. The monoisotopic (exact) mass is 338 g/mol. The van der Waals surface area contributed by atoms with Crippen LogP contribution < -0.4 is 5.32 Å². The molecule has 0 saturated heterocycles. The molecule has 0 radical (unpaired) electrons. The SMILES string of the molecule is CC(NC(=O)c1ccncc1Cl)c1cccc(Br)c1. The van der Waals surface area contributed by atoms with Gasteiger partial charge in [-0.05, 0) is 30.7 Å². The minimum atomic E-state index is -0.208. The van der Waals surface area contributed by atoms with Gasteiger partial charge in [0.15, 0.2) is 0 Å². The van der Waals surface area contributed by atoms with Gasteiger partial charge in [-0.1, -0.05) is 39.7 Å². The summed E-state index contributed by atoms with van der Waals surface area (Å²) in [6.45, 7) is 1.93. The van der Waals surface area contributed by atoms with Gasteiger partial charge >= 0.3 is 0 Å². The molecule has 0 saturated carbocycles. The highest BCUT2D eigenvalue weighted by Gasteiger charge is 2.14. The van der Waals surface area contributed by atoms with Crippen LogP contribution in [0.3, 0.4) is 0 Å². The van der Waals surface area contributed by atoms with Crippen LogP contribution in [0.1, 0.15) is 28.9 Å². The highest BCUT2D eigenvalue weighted by molar-refractivity contribution is 9.10. The van der Waals surface area contributed by atoms with E-state index in [0.717, 1.165) is 10.0 Å². The summed E-state index contributed by atoms with van der Waals surface area (Å²) in [5, 5.41) is 3.26. The van der Waals surface area contributed by atoms with Gasteiger partial charge in [0.05, 0.1) is 16.6 Å². The molecule has 1 heterocycles. The van der Waals surface area contributed by atoms with Crippen LogP contribution >= 0.6 is 27.5 Å². The van der Waals surface area contributed by atoms with Crippen molar-refractivity contribution in [2.75, 3.05) is 0 Å². The first-order valence-corrected chi connectivity index (χ1v) is 6.91. The molecule has 1 aromatic heterocycles.